The highest BCUT2D eigenvalue weighted by Gasteiger charge is 2.19. The molecule has 0 spiro atoms. The van der Waals surface area contributed by atoms with E-state index in [2.05, 4.69) is 10.3 Å². The van der Waals surface area contributed by atoms with Gasteiger partial charge in [0.25, 0.3) is 0 Å². The molecule has 0 radical (unpaired) electrons. The summed E-state index contributed by atoms with van der Waals surface area (Å²) in [7, 11) is 0. The maximum atomic E-state index is 10.5. The number of nitrogens with zero attached hydrogens (tertiary/aromatic N) is 1. The van der Waals surface area contributed by atoms with E-state index in [-0.39, 0.29) is 5.75 Å². The van der Waals surface area contributed by atoms with E-state index >= 15 is 0 Å². The number of phenols is 1. The summed E-state index contributed by atoms with van der Waals surface area (Å²) < 4.78 is 5.99. The van der Waals surface area contributed by atoms with Crippen molar-refractivity contribution >= 4 is 12.1 Å². The maximum absolute atomic E-state index is 10.5. The van der Waals surface area contributed by atoms with Crippen LogP contribution >= 0.6 is 0 Å². The van der Waals surface area contributed by atoms with Crippen LogP contribution in [-0.4, -0.2) is 16.5 Å². The number of benzene rings is 1. The van der Waals surface area contributed by atoms with E-state index < -0.39 is 0 Å². The largest absolute Gasteiger partial charge is 0.506 e. The number of amides is 1. The summed E-state index contributed by atoms with van der Waals surface area (Å²) in [5.74, 6) is 1.86. The Morgan fingerprint density at radius 1 is 1.12 bits per heavy atom. The van der Waals surface area contributed by atoms with E-state index in [1.54, 1.807) is 24.4 Å². The number of carbonyl (C=O) groups excluding carboxylic acids is 1. The highest BCUT2D eigenvalue weighted by molar-refractivity contribution is 5.77. The molecule has 3 rings (SSSR count). The van der Waals surface area contributed by atoms with Crippen molar-refractivity contribution < 1.29 is 14.3 Å². The first-order valence-corrected chi connectivity index (χ1v) is 8.77. The lowest BCUT2D eigenvalue weighted by Crippen LogP contribution is -1.99. The summed E-state index contributed by atoms with van der Waals surface area (Å²) in [5, 5.41) is 12.4. The number of anilines is 1. The highest BCUT2D eigenvalue weighted by Crippen LogP contribution is 2.34. The smallest absolute Gasteiger partial charge is 0.211 e. The average Bonchev–Trinajstić information content (AvgIpc) is 3.10. The van der Waals surface area contributed by atoms with Crippen molar-refractivity contribution in [3.63, 3.8) is 0 Å². The molecule has 1 aromatic carbocycles. The van der Waals surface area contributed by atoms with Crippen LogP contribution in [-0.2, 0) is 4.79 Å². The summed E-state index contributed by atoms with van der Waals surface area (Å²) in [6.45, 7) is 0. The van der Waals surface area contributed by atoms with Crippen LogP contribution in [0.25, 0.3) is 11.3 Å². The van der Waals surface area contributed by atoms with Gasteiger partial charge >= 0.3 is 0 Å². The van der Waals surface area contributed by atoms with Gasteiger partial charge in [0.1, 0.15) is 5.75 Å². The molecule has 0 unspecified atom stereocenters. The third kappa shape index (κ3) is 3.96. The lowest BCUT2D eigenvalue weighted by atomic mass is 9.97. The molecule has 1 saturated carbocycles. The van der Waals surface area contributed by atoms with Crippen LogP contribution in [0.3, 0.4) is 0 Å². The number of phenolic OH excluding ortho intramolecular Hbond substituents is 1. The summed E-state index contributed by atoms with van der Waals surface area (Å²) in [6.07, 6.45) is 12.3. The fourth-order valence-electron chi connectivity index (χ4n) is 3.36. The van der Waals surface area contributed by atoms with Gasteiger partial charge in [-0.1, -0.05) is 38.5 Å². The summed E-state index contributed by atoms with van der Waals surface area (Å²) in [5.41, 5.74) is 1.13. The Morgan fingerprint density at radius 3 is 2.50 bits per heavy atom. The molecule has 0 saturated heterocycles. The van der Waals surface area contributed by atoms with E-state index in [4.69, 9.17) is 4.42 Å². The van der Waals surface area contributed by atoms with E-state index in [0.29, 0.717) is 23.8 Å². The molecular weight excluding hydrogens is 304 g/mol. The molecule has 2 N–H and O–H groups in total. The van der Waals surface area contributed by atoms with Gasteiger partial charge in [-0.3, -0.25) is 4.79 Å². The highest BCUT2D eigenvalue weighted by atomic mass is 16.4. The van der Waals surface area contributed by atoms with Gasteiger partial charge in [-0.15, -0.1) is 0 Å². The van der Waals surface area contributed by atoms with Gasteiger partial charge in [0.05, 0.1) is 11.9 Å². The zero-order valence-corrected chi connectivity index (χ0v) is 13.8. The number of hydrogen-bond acceptors (Lipinski definition) is 4. The van der Waals surface area contributed by atoms with Gasteiger partial charge < -0.3 is 14.8 Å². The number of aromatic hydroxyl groups is 1. The van der Waals surface area contributed by atoms with Crippen LogP contribution in [0.4, 0.5) is 5.69 Å². The molecule has 1 aliphatic rings. The number of nitrogens with one attached hydrogen (secondary N) is 1. The Labute approximate surface area is 142 Å². The zero-order chi connectivity index (χ0) is 16.8. The molecule has 0 atom stereocenters. The van der Waals surface area contributed by atoms with Crippen LogP contribution in [0.5, 0.6) is 5.75 Å². The third-order valence-corrected chi connectivity index (χ3v) is 4.72. The molecule has 2 aromatic rings. The van der Waals surface area contributed by atoms with Crippen molar-refractivity contribution in [2.75, 3.05) is 5.32 Å². The second kappa shape index (κ2) is 7.99. The maximum Gasteiger partial charge on any atom is 0.211 e. The average molecular weight is 328 g/mol. The molecule has 5 nitrogen and oxygen atoms in total. The predicted molar refractivity (Wildman–Crippen MR) is 93.0 cm³/mol. The molecule has 24 heavy (non-hydrogen) atoms. The molecule has 5 heteroatoms. The van der Waals surface area contributed by atoms with Gasteiger partial charge in [-0.05, 0) is 31.0 Å². The third-order valence-electron chi connectivity index (χ3n) is 4.72. The summed E-state index contributed by atoms with van der Waals surface area (Å²) in [4.78, 5) is 15.0. The van der Waals surface area contributed by atoms with Crippen molar-refractivity contribution in [3.05, 3.63) is 30.3 Å². The van der Waals surface area contributed by atoms with Gasteiger partial charge in [-0.2, -0.15) is 0 Å². The van der Waals surface area contributed by atoms with Crippen molar-refractivity contribution in [3.8, 4) is 17.1 Å². The monoisotopic (exact) mass is 328 g/mol. The molecule has 1 amide bonds. The van der Waals surface area contributed by atoms with E-state index in [1.165, 1.54) is 38.5 Å². The Morgan fingerprint density at radius 2 is 1.83 bits per heavy atom. The molecule has 1 heterocycles. The Hall–Kier alpha value is -2.30. The van der Waals surface area contributed by atoms with E-state index in [0.717, 1.165) is 24.3 Å². The summed E-state index contributed by atoms with van der Waals surface area (Å²) >= 11 is 0. The SMILES string of the molecule is O=CNc1ccc(-c2cnc(C3CCCCCCCC3)o2)cc1O. The van der Waals surface area contributed by atoms with E-state index in [1.807, 2.05) is 0 Å². The molecular formula is C19H24N2O3. The minimum absolute atomic E-state index is 0.0139. The quantitative estimate of drug-likeness (QED) is 0.622. The number of aromatic nitrogens is 1. The second-order valence-electron chi connectivity index (χ2n) is 6.45. The molecule has 1 aliphatic carbocycles. The first-order chi connectivity index (χ1) is 11.8. The van der Waals surface area contributed by atoms with Gasteiger partial charge in [-0.25, -0.2) is 4.98 Å². The van der Waals surface area contributed by atoms with Crippen LogP contribution < -0.4 is 5.32 Å². The standard InChI is InChI=1S/C19H24N2O3/c22-13-21-16-10-9-15(11-17(16)23)18-12-20-19(24-18)14-7-5-3-1-2-4-6-8-14/h9-14,23H,1-8H2,(H,21,22). The van der Waals surface area contributed by atoms with Gasteiger partial charge in [0.15, 0.2) is 11.7 Å². The first-order valence-electron chi connectivity index (χ1n) is 8.77. The van der Waals surface area contributed by atoms with Gasteiger partial charge in [0, 0.05) is 11.5 Å². The fraction of sp³-hybridized carbons (Fsp3) is 0.474. The Balaban J connectivity index is 1.76. The molecule has 0 bridgehead atoms. The molecule has 1 fully saturated rings. The first kappa shape index (κ1) is 16.6. The lowest BCUT2D eigenvalue weighted by molar-refractivity contribution is -0.105. The van der Waals surface area contributed by atoms with Crippen LogP contribution in [0, 0.1) is 0 Å². The van der Waals surface area contributed by atoms with Crippen LogP contribution in [0.2, 0.25) is 0 Å². The lowest BCUT2D eigenvalue weighted by Gasteiger charge is -2.11. The Bertz CT molecular complexity index is 671. The van der Waals surface area contributed by atoms with Crippen molar-refractivity contribution in [1.29, 1.82) is 0 Å². The number of rotatable bonds is 4. The van der Waals surface area contributed by atoms with Crippen molar-refractivity contribution in [2.45, 2.75) is 57.3 Å². The second-order valence-corrected chi connectivity index (χ2v) is 6.45. The van der Waals surface area contributed by atoms with Crippen LogP contribution in [0.15, 0.2) is 28.8 Å². The fourth-order valence-corrected chi connectivity index (χ4v) is 3.36. The Kier molecular flexibility index (Phi) is 5.51. The number of hydrogen-bond donors (Lipinski definition) is 2. The topological polar surface area (TPSA) is 75.4 Å². The minimum Gasteiger partial charge on any atom is -0.506 e. The van der Waals surface area contributed by atoms with Crippen molar-refractivity contribution in [2.24, 2.45) is 0 Å². The summed E-state index contributed by atoms with van der Waals surface area (Å²) in [6, 6.07) is 5.04. The normalized spacial score (nSPS) is 16.8. The predicted octanol–water partition coefficient (Wildman–Crippen LogP) is 4.83. The van der Waals surface area contributed by atoms with Crippen LogP contribution in [0.1, 0.15) is 63.2 Å². The zero-order valence-electron chi connectivity index (χ0n) is 13.8. The number of oxazole rings is 1. The molecule has 1 aromatic heterocycles. The number of carbonyl (C=O) groups is 1. The molecule has 0 aliphatic heterocycles. The van der Waals surface area contributed by atoms with E-state index in [9.17, 15) is 9.90 Å². The van der Waals surface area contributed by atoms with Gasteiger partial charge in [0.2, 0.25) is 6.41 Å². The molecule has 128 valence electrons. The van der Waals surface area contributed by atoms with Crippen molar-refractivity contribution in [1.82, 2.24) is 4.98 Å². The minimum atomic E-state index is 0.0139.